The molecule has 1 saturated carbocycles. The largest absolute Gasteiger partial charge is 0.325 e. The summed E-state index contributed by atoms with van der Waals surface area (Å²) in [7, 11) is 0. The summed E-state index contributed by atoms with van der Waals surface area (Å²) in [6.45, 7) is 0. The number of nitrogens with zero attached hydrogens (tertiary/aromatic N) is 1. The van der Waals surface area contributed by atoms with Gasteiger partial charge in [-0.25, -0.2) is 0 Å². The topological polar surface area (TPSA) is 68.0 Å². The molecule has 1 aliphatic rings. The summed E-state index contributed by atoms with van der Waals surface area (Å²) >= 11 is 0. The van der Waals surface area contributed by atoms with Crippen molar-refractivity contribution in [3.63, 3.8) is 0 Å². The van der Waals surface area contributed by atoms with Crippen LogP contribution < -0.4 is 11.1 Å². The number of amides is 1. The fourth-order valence-electron chi connectivity index (χ4n) is 3.25. The second-order valence-electron chi connectivity index (χ2n) is 6.49. The van der Waals surface area contributed by atoms with Crippen LogP contribution in [0.2, 0.25) is 0 Å². The Morgan fingerprint density at radius 2 is 1.70 bits per heavy atom. The lowest BCUT2D eigenvalue weighted by Gasteiger charge is -2.33. The first-order chi connectivity index (χ1) is 11.1. The normalized spacial score (nSPS) is 16.7. The van der Waals surface area contributed by atoms with E-state index in [2.05, 4.69) is 10.3 Å². The van der Waals surface area contributed by atoms with E-state index in [1.165, 1.54) is 24.8 Å². The van der Waals surface area contributed by atoms with Gasteiger partial charge in [-0.05, 0) is 49.1 Å². The van der Waals surface area contributed by atoms with Crippen molar-refractivity contribution in [2.24, 2.45) is 5.73 Å². The van der Waals surface area contributed by atoms with Gasteiger partial charge in [0.1, 0.15) is 0 Å². The molecular formula is C19H23N3O. The Hall–Kier alpha value is -2.20. The third kappa shape index (κ3) is 4.17. The Morgan fingerprint density at radius 3 is 2.35 bits per heavy atom. The highest BCUT2D eigenvalue weighted by Gasteiger charge is 2.27. The second-order valence-corrected chi connectivity index (χ2v) is 6.49. The first kappa shape index (κ1) is 15.7. The number of pyridine rings is 1. The van der Waals surface area contributed by atoms with Crippen molar-refractivity contribution in [3.05, 3.63) is 59.9 Å². The predicted octanol–water partition coefficient (Wildman–Crippen LogP) is 3.54. The van der Waals surface area contributed by atoms with E-state index in [-0.39, 0.29) is 11.4 Å². The summed E-state index contributed by atoms with van der Waals surface area (Å²) in [5.41, 5.74) is 9.04. The van der Waals surface area contributed by atoms with Crippen molar-refractivity contribution in [3.8, 4) is 0 Å². The van der Waals surface area contributed by atoms with Gasteiger partial charge in [-0.3, -0.25) is 9.78 Å². The summed E-state index contributed by atoms with van der Waals surface area (Å²) in [5, 5.41) is 2.86. The van der Waals surface area contributed by atoms with E-state index in [0.717, 1.165) is 24.9 Å². The van der Waals surface area contributed by atoms with Gasteiger partial charge < -0.3 is 11.1 Å². The summed E-state index contributed by atoms with van der Waals surface area (Å²) in [6.07, 6.45) is 10.1. The molecule has 120 valence electrons. The highest BCUT2D eigenvalue weighted by Crippen LogP contribution is 2.29. The molecule has 23 heavy (non-hydrogen) atoms. The Kier molecular flexibility index (Phi) is 4.72. The van der Waals surface area contributed by atoms with Gasteiger partial charge in [0.2, 0.25) is 0 Å². The van der Waals surface area contributed by atoms with Crippen LogP contribution in [0.1, 0.15) is 48.0 Å². The zero-order valence-electron chi connectivity index (χ0n) is 13.3. The number of hydrogen-bond acceptors (Lipinski definition) is 3. The molecule has 1 aliphatic carbocycles. The Morgan fingerprint density at radius 1 is 1.04 bits per heavy atom. The van der Waals surface area contributed by atoms with E-state index in [1.807, 2.05) is 24.3 Å². The van der Waals surface area contributed by atoms with Crippen molar-refractivity contribution in [2.45, 2.75) is 44.1 Å². The molecule has 1 aromatic heterocycles. The predicted molar refractivity (Wildman–Crippen MR) is 92.3 cm³/mol. The molecule has 0 unspecified atom stereocenters. The van der Waals surface area contributed by atoms with E-state index >= 15 is 0 Å². The van der Waals surface area contributed by atoms with Crippen molar-refractivity contribution < 1.29 is 4.79 Å². The lowest BCUT2D eigenvalue weighted by atomic mass is 9.78. The summed E-state index contributed by atoms with van der Waals surface area (Å²) in [4.78, 5) is 16.2. The van der Waals surface area contributed by atoms with Crippen LogP contribution in [-0.4, -0.2) is 16.4 Å². The fourth-order valence-corrected chi connectivity index (χ4v) is 3.25. The number of nitrogens with one attached hydrogen (secondary N) is 1. The number of anilines is 1. The molecule has 4 nitrogen and oxygen atoms in total. The molecule has 1 amide bonds. The van der Waals surface area contributed by atoms with E-state index in [1.54, 1.807) is 24.5 Å². The number of aromatic nitrogens is 1. The van der Waals surface area contributed by atoms with E-state index in [4.69, 9.17) is 5.73 Å². The highest BCUT2D eigenvalue weighted by atomic mass is 16.1. The van der Waals surface area contributed by atoms with Crippen LogP contribution in [0, 0.1) is 0 Å². The summed E-state index contributed by atoms with van der Waals surface area (Å²) in [5.74, 6) is -0.108. The quantitative estimate of drug-likeness (QED) is 0.907. The zero-order chi connectivity index (χ0) is 16.1. The highest BCUT2D eigenvalue weighted by molar-refractivity contribution is 6.04. The maximum atomic E-state index is 12.2. The first-order valence-corrected chi connectivity index (χ1v) is 8.24. The molecule has 1 aromatic carbocycles. The molecule has 2 aromatic rings. The third-order valence-electron chi connectivity index (χ3n) is 4.56. The molecule has 0 atom stereocenters. The van der Waals surface area contributed by atoms with Gasteiger partial charge in [0.15, 0.2) is 0 Å². The van der Waals surface area contributed by atoms with Crippen LogP contribution in [0.4, 0.5) is 5.69 Å². The first-order valence-electron chi connectivity index (χ1n) is 8.24. The SMILES string of the molecule is NC1(Cc2ccc(C(=O)Nc3ccncc3)cc2)CCCCC1. The number of rotatable bonds is 4. The van der Waals surface area contributed by atoms with Crippen LogP contribution in [0.3, 0.4) is 0 Å². The number of carbonyl (C=O) groups is 1. The minimum absolute atomic E-state index is 0.0704. The van der Waals surface area contributed by atoms with Crippen LogP contribution >= 0.6 is 0 Å². The second kappa shape index (κ2) is 6.92. The average Bonchev–Trinajstić information content (AvgIpc) is 2.57. The Bertz CT molecular complexity index is 646. The minimum atomic E-state index is -0.108. The van der Waals surface area contributed by atoms with E-state index in [0.29, 0.717) is 5.56 Å². The molecule has 0 radical (unpaired) electrons. The van der Waals surface area contributed by atoms with Gasteiger partial charge in [-0.15, -0.1) is 0 Å². The number of carbonyl (C=O) groups excluding carboxylic acids is 1. The molecule has 1 heterocycles. The smallest absolute Gasteiger partial charge is 0.255 e. The third-order valence-corrected chi connectivity index (χ3v) is 4.56. The summed E-state index contributed by atoms with van der Waals surface area (Å²) < 4.78 is 0. The van der Waals surface area contributed by atoms with Crippen molar-refractivity contribution in [1.82, 2.24) is 4.98 Å². The van der Waals surface area contributed by atoms with Crippen LogP contribution in [0.15, 0.2) is 48.8 Å². The fraction of sp³-hybridized carbons (Fsp3) is 0.368. The standard InChI is InChI=1S/C19H23N3O/c20-19(10-2-1-3-11-19)14-15-4-6-16(7-5-15)18(23)22-17-8-12-21-13-9-17/h4-9,12-13H,1-3,10-11,14,20H2,(H,21,22,23). The van der Waals surface area contributed by atoms with Gasteiger partial charge >= 0.3 is 0 Å². The van der Waals surface area contributed by atoms with Gasteiger partial charge in [0.05, 0.1) is 0 Å². The van der Waals surface area contributed by atoms with Gasteiger partial charge in [-0.2, -0.15) is 0 Å². The zero-order valence-corrected chi connectivity index (χ0v) is 13.3. The monoisotopic (exact) mass is 309 g/mol. The Labute approximate surface area is 137 Å². The molecule has 3 rings (SSSR count). The maximum absolute atomic E-state index is 12.2. The molecule has 0 saturated heterocycles. The lowest BCUT2D eigenvalue weighted by Crippen LogP contribution is -2.43. The molecule has 0 bridgehead atoms. The van der Waals surface area contributed by atoms with E-state index < -0.39 is 0 Å². The molecule has 3 N–H and O–H groups in total. The van der Waals surface area contributed by atoms with E-state index in [9.17, 15) is 4.79 Å². The molecule has 0 aliphatic heterocycles. The molecule has 0 spiro atoms. The van der Waals surface area contributed by atoms with Crippen molar-refractivity contribution >= 4 is 11.6 Å². The van der Waals surface area contributed by atoms with Crippen LogP contribution in [0.25, 0.3) is 0 Å². The molecular weight excluding hydrogens is 286 g/mol. The average molecular weight is 309 g/mol. The minimum Gasteiger partial charge on any atom is -0.325 e. The van der Waals surface area contributed by atoms with Gasteiger partial charge in [0.25, 0.3) is 5.91 Å². The Balaban J connectivity index is 1.63. The van der Waals surface area contributed by atoms with Crippen LogP contribution in [0.5, 0.6) is 0 Å². The number of hydrogen-bond donors (Lipinski definition) is 2. The van der Waals surface area contributed by atoms with Gasteiger partial charge in [-0.1, -0.05) is 31.4 Å². The van der Waals surface area contributed by atoms with Crippen LogP contribution in [-0.2, 0) is 6.42 Å². The van der Waals surface area contributed by atoms with Crippen molar-refractivity contribution in [2.75, 3.05) is 5.32 Å². The van der Waals surface area contributed by atoms with Gasteiger partial charge in [0, 0.05) is 29.2 Å². The lowest BCUT2D eigenvalue weighted by molar-refractivity contribution is 0.102. The number of benzene rings is 1. The molecule has 4 heteroatoms. The summed E-state index contributed by atoms with van der Waals surface area (Å²) in [6, 6.07) is 11.3. The maximum Gasteiger partial charge on any atom is 0.255 e. The molecule has 1 fully saturated rings. The van der Waals surface area contributed by atoms with Crippen molar-refractivity contribution in [1.29, 1.82) is 0 Å². The number of nitrogens with two attached hydrogens (primary N) is 1.